The number of nitrogens with one attached hydrogen (secondary N) is 2. The molecule has 0 saturated carbocycles. The number of carbonyl (C=O) groups excluding carboxylic acids is 1. The molecule has 56 heavy (non-hydrogen) atoms. The Kier molecular flexibility index (Phi) is 15.3. The Morgan fingerprint density at radius 2 is 1.45 bits per heavy atom. The molecule has 0 unspecified atom stereocenters. The van der Waals surface area contributed by atoms with Gasteiger partial charge in [0, 0.05) is 13.5 Å². The molecule has 0 radical (unpaired) electrons. The van der Waals surface area contributed by atoms with Gasteiger partial charge in [-0.3, -0.25) is 4.79 Å². The number of aliphatic hydroxyl groups is 8. The van der Waals surface area contributed by atoms with Crippen LogP contribution in [0, 0.1) is 0 Å². The van der Waals surface area contributed by atoms with E-state index in [0.717, 1.165) is 12.5 Å². The van der Waals surface area contributed by atoms with Gasteiger partial charge in [0.15, 0.2) is 18.9 Å². The summed E-state index contributed by atoms with van der Waals surface area (Å²) in [6.07, 6.45) is -16.6. The number of sulfonamides is 1. The van der Waals surface area contributed by atoms with Crippen molar-refractivity contribution in [3.8, 4) is 0 Å². The summed E-state index contributed by atoms with van der Waals surface area (Å²) in [5, 5.41) is 85.7. The van der Waals surface area contributed by atoms with Crippen LogP contribution in [0.1, 0.15) is 25.8 Å². The van der Waals surface area contributed by atoms with E-state index in [-0.39, 0.29) is 24.5 Å². The van der Waals surface area contributed by atoms with Crippen LogP contribution in [0.2, 0.25) is 0 Å². The number of amides is 1. The van der Waals surface area contributed by atoms with Crippen molar-refractivity contribution in [3.63, 3.8) is 0 Å². The molecule has 4 heterocycles. The number of nitrogens with zero attached hydrogens (tertiary/aromatic N) is 2. The van der Waals surface area contributed by atoms with E-state index in [4.69, 9.17) is 28.4 Å². The molecule has 3 saturated heterocycles. The van der Waals surface area contributed by atoms with Crippen molar-refractivity contribution in [1.29, 1.82) is 0 Å². The number of rotatable bonds is 16. The van der Waals surface area contributed by atoms with Gasteiger partial charge in [-0.05, 0) is 31.0 Å². The monoisotopic (exact) mass is 821 g/mol. The molecule has 3 fully saturated rings. The molecule has 22 heteroatoms. The molecule has 316 valence electrons. The summed E-state index contributed by atoms with van der Waals surface area (Å²) in [4.78, 5) is 12.6. The van der Waals surface area contributed by atoms with Crippen molar-refractivity contribution in [3.05, 3.63) is 48.5 Å². The van der Waals surface area contributed by atoms with Crippen molar-refractivity contribution in [2.45, 2.75) is 124 Å². The lowest BCUT2D eigenvalue weighted by atomic mass is 9.94. The number of aryl methyl sites for hydroxylation is 1. The second kappa shape index (κ2) is 19.3. The number of aliphatic hydroxyl groups excluding tert-OH is 8. The first-order chi connectivity index (χ1) is 26.5. The molecule has 21 nitrogen and oxygen atoms in total. The van der Waals surface area contributed by atoms with Gasteiger partial charge in [0.1, 0.15) is 86.0 Å². The summed E-state index contributed by atoms with van der Waals surface area (Å²) in [5.41, 5.74) is 0.894. The van der Waals surface area contributed by atoms with Gasteiger partial charge in [0.2, 0.25) is 22.3 Å². The summed E-state index contributed by atoms with van der Waals surface area (Å²) >= 11 is 0. The topological polar surface area (TPSA) is 301 Å². The highest BCUT2D eigenvalue weighted by Gasteiger charge is 2.54. The second-order valence-corrected chi connectivity index (χ2v) is 15.8. The number of carbonyl (C=O) groups is 1. The molecule has 3 aliphatic rings. The van der Waals surface area contributed by atoms with Crippen molar-refractivity contribution < 1.29 is 87.1 Å². The van der Waals surface area contributed by atoms with E-state index in [1.807, 2.05) is 34.9 Å². The average Bonchev–Trinajstić information content (AvgIpc) is 3.58. The van der Waals surface area contributed by atoms with Crippen LogP contribution in [-0.2, 0) is 56.8 Å². The highest BCUT2D eigenvalue weighted by Crippen LogP contribution is 2.34. The summed E-state index contributed by atoms with van der Waals surface area (Å²) < 4.78 is 67.6. The molecule has 0 spiro atoms. The number of benzene rings is 1. The van der Waals surface area contributed by atoms with E-state index in [1.165, 1.54) is 19.1 Å². The normalized spacial score (nSPS) is 36.7. The first kappa shape index (κ1) is 44.4. The molecule has 2 aromatic rings. The summed E-state index contributed by atoms with van der Waals surface area (Å²) in [6, 6.07) is 5.05. The highest BCUT2D eigenvalue weighted by atomic mass is 32.2. The Bertz CT molecular complexity index is 1670. The van der Waals surface area contributed by atoms with Crippen LogP contribution in [0.25, 0.3) is 0 Å². The van der Waals surface area contributed by atoms with Crippen molar-refractivity contribution in [2.75, 3.05) is 26.4 Å². The Morgan fingerprint density at radius 1 is 0.839 bits per heavy atom. The lowest BCUT2D eigenvalue weighted by Crippen LogP contribution is -2.69. The first-order valence-corrected chi connectivity index (χ1v) is 19.6. The third kappa shape index (κ3) is 10.5. The van der Waals surface area contributed by atoms with Gasteiger partial charge >= 0.3 is 0 Å². The molecule has 0 aliphatic carbocycles. The predicted molar refractivity (Wildman–Crippen MR) is 186 cm³/mol. The zero-order valence-corrected chi connectivity index (χ0v) is 31.8. The SMILES string of the molecule is CC(=O)N[C@H]1[C@H](OCCCNS(=O)(=O)c2ccc(Cn3cc[n+](C)c3)cc2)O[C@H](CO)[C@@H](O[C@H]2O[C@@H](C)[C@@H](O)[C@@H](O)[C@@H]2O)[C@@H]1O[C@@H]1O[C@H](CO)[C@H](O)[C@H](O)[C@H]1O. The van der Waals surface area contributed by atoms with E-state index in [9.17, 15) is 54.1 Å². The molecule has 0 bridgehead atoms. The molecule has 3 aliphatic heterocycles. The fourth-order valence-corrected chi connectivity index (χ4v) is 7.74. The Hall–Kier alpha value is -2.75. The minimum absolute atomic E-state index is 0.0510. The highest BCUT2D eigenvalue weighted by molar-refractivity contribution is 7.89. The maximum absolute atomic E-state index is 13.0. The van der Waals surface area contributed by atoms with Crippen molar-refractivity contribution in [2.24, 2.45) is 7.05 Å². The number of aromatic nitrogens is 2. The maximum Gasteiger partial charge on any atom is 0.243 e. The van der Waals surface area contributed by atoms with Crippen LogP contribution in [-0.4, -0.2) is 178 Å². The van der Waals surface area contributed by atoms with Crippen LogP contribution < -0.4 is 14.6 Å². The first-order valence-electron chi connectivity index (χ1n) is 18.1. The van der Waals surface area contributed by atoms with E-state index in [2.05, 4.69) is 10.0 Å². The minimum atomic E-state index is -3.91. The van der Waals surface area contributed by atoms with Gasteiger partial charge in [-0.1, -0.05) is 12.1 Å². The van der Waals surface area contributed by atoms with Crippen LogP contribution in [0.4, 0.5) is 0 Å². The Morgan fingerprint density at radius 3 is 2.05 bits per heavy atom. The molecule has 5 rings (SSSR count). The van der Waals surface area contributed by atoms with Gasteiger partial charge in [-0.25, -0.2) is 22.3 Å². The van der Waals surface area contributed by atoms with Crippen molar-refractivity contribution in [1.82, 2.24) is 14.6 Å². The smallest absolute Gasteiger partial charge is 0.243 e. The fourth-order valence-electron chi connectivity index (χ4n) is 6.66. The van der Waals surface area contributed by atoms with Gasteiger partial charge in [0.25, 0.3) is 0 Å². The Balaban J connectivity index is 1.30. The third-order valence-corrected chi connectivity index (χ3v) is 11.2. The summed E-state index contributed by atoms with van der Waals surface area (Å²) in [6.45, 7) is 1.29. The molecule has 1 aromatic heterocycles. The molecular formula is C34H53N4O17S+. The summed E-state index contributed by atoms with van der Waals surface area (Å²) in [5.74, 6) is -0.641. The Labute approximate surface area is 323 Å². The van der Waals surface area contributed by atoms with E-state index in [0.29, 0.717) is 6.54 Å². The van der Waals surface area contributed by atoms with Gasteiger partial charge in [0.05, 0.1) is 37.9 Å². The predicted octanol–water partition coefficient (Wildman–Crippen LogP) is -5.33. The molecule has 15 atom stereocenters. The lowest BCUT2D eigenvalue weighted by molar-refractivity contribution is -0.671. The largest absolute Gasteiger partial charge is 0.394 e. The van der Waals surface area contributed by atoms with Gasteiger partial charge < -0.3 is 74.6 Å². The minimum Gasteiger partial charge on any atom is -0.394 e. The van der Waals surface area contributed by atoms with Crippen molar-refractivity contribution >= 4 is 15.9 Å². The molecule has 1 amide bonds. The van der Waals surface area contributed by atoms with Crippen LogP contribution in [0.15, 0.2) is 47.9 Å². The zero-order chi connectivity index (χ0) is 40.9. The molecule has 1 aromatic carbocycles. The number of hydrogen-bond donors (Lipinski definition) is 10. The maximum atomic E-state index is 13.0. The van der Waals surface area contributed by atoms with Crippen LogP contribution in [0.3, 0.4) is 0 Å². The van der Waals surface area contributed by atoms with Gasteiger partial charge in [-0.15, -0.1) is 0 Å². The number of hydrogen-bond acceptors (Lipinski definition) is 17. The van der Waals surface area contributed by atoms with Crippen LogP contribution in [0.5, 0.6) is 0 Å². The second-order valence-electron chi connectivity index (χ2n) is 14.0. The summed E-state index contributed by atoms with van der Waals surface area (Å²) in [7, 11) is -2.01. The van der Waals surface area contributed by atoms with E-state index < -0.39 is 121 Å². The van der Waals surface area contributed by atoms with Crippen LogP contribution >= 0.6 is 0 Å². The van der Waals surface area contributed by atoms with Gasteiger partial charge in [-0.2, -0.15) is 0 Å². The lowest BCUT2D eigenvalue weighted by Gasteiger charge is -2.50. The fraction of sp³-hybridized carbons (Fsp3) is 0.706. The third-order valence-electron chi connectivity index (χ3n) is 9.75. The quantitative estimate of drug-likeness (QED) is 0.0559. The average molecular weight is 822 g/mol. The zero-order valence-electron chi connectivity index (χ0n) is 31.0. The standard InChI is InChI=1S/C34H52N4O17S/c1-17-24(42)26(44)28(46)33(51-17)54-30-22(15-40)53-32(23(36-18(2)41)31(30)55-34-29(47)27(45)25(43)21(14-39)52-34)50-12-4-9-35-56(48,49)20-7-5-19(6-8-20)13-38-11-10-37(3)16-38/h5-8,10-11,16-17,21-35,39-40,42-47H,4,9,12-15H2,1-3H3/p+1/t17-,21+,22+,23+,24+,25-,26+,27-,28-,29+,30+,31+,32+,33+,34-/m0/s1. The number of ether oxygens (including phenoxy) is 6. The molecule has 10 N–H and O–H groups in total. The van der Waals surface area contributed by atoms with E-state index in [1.54, 1.807) is 12.1 Å². The van der Waals surface area contributed by atoms with E-state index >= 15 is 0 Å². The number of imidazole rings is 1. The molecular weight excluding hydrogens is 768 g/mol.